The molecule has 19 heavy (non-hydrogen) atoms. The van der Waals surface area contributed by atoms with Gasteiger partial charge in [0.05, 0.1) is 5.56 Å². The first-order valence-electron chi connectivity index (χ1n) is 6.30. The third kappa shape index (κ3) is 2.89. The lowest BCUT2D eigenvalue weighted by Crippen LogP contribution is -2.11. The molecule has 0 unspecified atom stereocenters. The van der Waals surface area contributed by atoms with Gasteiger partial charge in [0.1, 0.15) is 17.4 Å². The molecule has 0 saturated heterocycles. The van der Waals surface area contributed by atoms with E-state index in [1.54, 1.807) is 6.07 Å². The van der Waals surface area contributed by atoms with Gasteiger partial charge in [-0.1, -0.05) is 26.8 Å². The van der Waals surface area contributed by atoms with Crippen molar-refractivity contribution in [2.24, 2.45) is 0 Å². The van der Waals surface area contributed by atoms with Crippen molar-refractivity contribution >= 4 is 0 Å². The van der Waals surface area contributed by atoms with Crippen LogP contribution in [0.4, 0.5) is 0 Å². The van der Waals surface area contributed by atoms with Gasteiger partial charge in [0.15, 0.2) is 5.82 Å². The fourth-order valence-electron chi connectivity index (χ4n) is 1.92. The summed E-state index contributed by atoms with van der Waals surface area (Å²) in [7, 11) is 0. The standard InChI is InChI=1S/C15H19N3O/c1-9-16-10(2)18-14(17-9)12-8-11(15(3,4)5)6-7-13(12)19/h6-8,19H,1-5H3. The average Bonchev–Trinajstić information content (AvgIpc) is 2.26. The summed E-state index contributed by atoms with van der Waals surface area (Å²) in [5, 5.41) is 10.0. The Kier molecular flexibility index (Phi) is 3.27. The molecule has 4 nitrogen and oxygen atoms in total. The Hall–Kier alpha value is -1.97. The third-order valence-electron chi connectivity index (χ3n) is 2.96. The fourth-order valence-corrected chi connectivity index (χ4v) is 1.92. The molecular weight excluding hydrogens is 238 g/mol. The second kappa shape index (κ2) is 4.61. The second-order valence-corrected chi connectivity index (χ2v) is 5.74. The first kappa shape index (κ1) is 13.5. The van der Waals surface area contributed by atoms with Crippen LogP contribution < -0.4 is 0 Å². The van der Waals surface area contributed by atoms with Crippen LogP contribution in [0.15, 0.2) is 18.2 Å². The van der Waals surface area contributed by atoms with Crippen LogP contribution in [0.2, 0.25) is 0 Å². The summed E-state index contributed by atoms with van der Waals surface area (Å²) in [5.74, 6) is 2.03. The minimum absolute atomic E-state index is 0.0135. The van der Waals surface area contributed by atoms with Gasteiger partial charge in [0.25, 0.3) is 0 Å². The van der Waals surface area contributed by atoms with Crippen LogP contribution in [-0.4, -0.2) is 20.1 Å². The highest BCUT2D eigenvalue weighted by Gasteiger charge is 2.17. The predicted molar refractivity (Wildman–Crippen MR) is 75.1 cm³/mol. The Morgan fingerprint density at radius 2 is 1.53 bits per heavy atom. The zero-order valence-corrected chi connectivity index (χ0v) is 12.0. The zero-order valence-electron chi connectivity index (χ0n) is 12.0. The summed E-state index contributed by atoms with van der Waals surface area (Å²) in [6.07, 6.45) is 0. The minimum Gasteiger partial charge on any atom is -0.507 e. The Labute approximate surface area is 113 Å². The number of benzene rings is 1. The van der Waals surface area contributed by atoms with Gasteiger partial charge in [0, 0.05) is 0 Å². The summed E-state index contributed by atoms with van der Waals surface area (Å²) in [6.45, 7) is 10.0. The Bertz CT molecular complexity index is 595. The molecule has 4 heteroatoms. The Morgan fingerprint density at radius 1 is 0.947 bits per heavy atom. The van der Waals surface area contributed by atoms with Crippen molar-refractivity contribution in [1.29, 1.82) is 0 Å². The summed E-state index contributed by atoms with van der Waals surface area (Å²) < 4.78 is 0. The summed E-state index contributed by atoms with van der Waals surface area (Å²) >= 11 is 0. The van der Waals surface area contributed by atoms with Gasteiger partial charge >= 0.3 is 0 Å². The highest BCUT2D eigenvalue weighted by Crippen LogP contribution is 2.32. The number of aryl methyl sites for hydroxylation is 2. The van der Waals surface area contributed by atoms with Gasteiger partial charge in [-0.2, -0.15) is 0 Å². The lowest BCUT2D eigenvalue weighted by atomic mass is 9.86. The smallest absolute Gasteiger partial charge is 0.167 e. The van der Waals surface area contributed by atoms with Crippen LogP contribution in [0.25, 0.3) is 11.4 Å². The second-order valence-electron chi connectivity index (χ2n) is 5.74. The van der Waals surface area contributed by atoms with E-state index in [1.807, 2.05) is 26.0 Å². The van der Waals surface area contributed by atoms with Crippen LogP contribution in [0.5, 0.6) is 5.75 Å². The maximum Gasteiger partial charge on any atom is 0.167 e. The SMILES string of the molecule is Cc1nc(C)nc(-c2cc(C(C)(C)C)ccc2O)n1. The van der Waals surface area contributed by atoms with Crippen molar-refractivity contribution in [1.82, 2.24) is 15.0 Å². The first-order chi connectivity index (χ1) is 8.77. The van der Waals surface area contributed by atoms with Crippen molar-refractivity contribution in [2.45, 2.75) is 40.0 Å². The molecule has 0 fully saturated rings. The van der Waals surface area contributed by atoms with E-state index in [0.717, 1.165) is 5.56 Å². The quantitative estimate of drug-likeness (QED) is 0.852. The predicted octanol–water partition coefficient (Wildman–Crippen LogP) is 3.16. The highest BCUT2D eigenvalue weighted by atomic mass is 16.3. The molecule has 100 valence electrons. The Morgan fingerprint density at radius 3 is 2.05 bits per heavy atom. The maximum atomic E-state index is 10.0. The number of aromatic hydroxyl groups is 1. The van der Waals surface area contributed by atoms with Gasteiger partial charge in [-0.15, -0.1) is 0 Å². The number of hydrogen-bond acceptors (Lipinski definition) is 4. The van der Waals surface area contributed by atoms with E-state index in [9.17, 15) is 5.11 Å². The van der Waals surface area contributed by atoms with Crippen LogP contribution in [-0.2, 0) is 5.41 Å². The molecule has 1 heterocycles. The molecule has 0 atom stereocenters. The lowest BCUT2D eigenvalue weighted by Gasteiger charge is -2.20. The molecule has 1 aromatic carbocycles. The molecule has 1 aromatic heterocycles. The molecule has 0 spiro atoms. The molecule has 2 rings (SSSR count). The van der Waals surface area contributed by atoms with Crippen LogP contribution in [0, 0.1) is 13.8 Å². The number of nitrogens with zero attached hydrogens (tertiary/aromatic N) is 3. The summed E-state index contributed by atoms with van der Waals surface area (Å²) in [6, 6.07) is 5.58. The fraction of sp³-hybridized carbons (Fsp3) is 0.400. The van der Waals surface area contributed by atoms with Crippen molar-refractivity contribution < 1.29 is 5.11 Å². The zero-order chi connectivity index (χ0) is 14.2. The third-order valence-corrected chi connectivity index (χ3v) is 2.96. The summed E-state index contributed by atoms with van der Waals surface area (Å²) in [5.41, 5.74) is 1.80. The van der Waals surface area contributed by atoms with Crippen LogP contribution >= 0.6 is 0 Å². The van der Waals surface area contributed by atoms with Crippen molar-refractivity contribution in [3.63, 3.8) is 0 Å². The monoisotopic (exact) mass is 257 g/mol. The van der Waals surface area contributed by atoms with E-state index in [-0.39, 0.29) is 11.2 Å². The molecule has 0 aliphatic heterocycles. The summed E-state index contributed by atoms with van der Waals surface area (Å²) in [4.78, 5) is 12.8. The first-order valence-corrected chi connectivity index (χ1v) is 6.30. The molecule has 0 amide bonds. The van der Waals surface area contributed by atoms with E-state index < -0.39 is 0 Å². The Balaban J connectivity index is 2.61. The minimum atomic E-state index is 0.0135. The van der Waals surface area contributed by atoms with E-state index in [2.05, 4.69) is 35.7 Å². The topological polar surface area (TPSA) is 58.9 Å². The number of phenols is 1. The molecule has 2 aromatic rings. The van der Waals surface area contributed by atoms with Gasteiger partial charge in [-0.05, 0) is 37.0 Å². The molecule has 0 aliphatic rings. The van der Waals surface area contributed by atoms with Crippen LogP contribution in [0.1, 0.15) is 38.0 Å². The largest absolute Gasteiger partial charge is 0.507 e. The average molecular weight is 257 g/mol. The molecule has 0 aliphatic carbocycles. The number of aromatic nitrogens is 3. The number of hydrogen-bond donors (Lipinski definition) is 1. The van der Waals surface area contributed by atoms with Gasteiger partial charge in [0.2, 0.25) is 0 Å². The van der Waals surface area contributed by atoms with E-state index in [4.69, 9.17) is 0 Å². The van der Waals surface area contributed by atoms with Crippen LogP contribution in [0.3, 0.4) is 0 Å². The maximum absolute atomic E-state index is 10.0. The number of phenolic OH excluding ortho intramolecular Hbond substituents is 1. The van der Waals surface area contributed by atoms with Gasteiger partial charge < -0.3 is 5.11 Å². The lowest BCUT2D eigenvalue weighted by molar-refractivity contribution is 0.475. The number of rotatable bonds is 1. The normalized spacial score (nSPS) is 11.6. The molecule has 0 saturated carbocycles. The van der Waals surface area contributed by atoms with E-state index in [0.29, 0.717) is 23.0 Å². The molecule has 0 bridgehead atoms. The molecule has 0 radical (unpaired) electrons. The van der Waals surface area contributed by atoms with Gasteiger partial charge in [-0.3, -0.25) is 0 Å². The van der Waals surface area contributed by atoms with Gasteiger partial charge in [-0.25, -0.2) is 15.0 Å². The highest BCUT2D eigenvalue weighted by molar-refractivity contribution is 5.65. The molecule has 1 N–H and O–H groups in total. The van der Waals surface area contributed by atoms with Crippen molar-refractivity contribution in [3.8, 4) is 17.1 Å². The van der Waals surface area contributed by atoms with Crippen molar-refractivity contribution in [3.05, 3.63) is 35.4 Å². The van der Waals surface area contributed by atoms with E-state index in [1.165, 1.54) is 0 Å². The molecular formula is C15H19N3O. The van der Waals surface area contributed by atoms with E-state index >= 15 is 0 Å². The van der Waals surface area contributed by atoms with Crippen molar-refractivity contribution in [2.75, 3.05) is 0 Å².